The summed E-state index contributed by atoms with van der Waals surface area (Å²) >= 11 is 0. The second-order valence-corrected chi connectivity index (χ2v) is 2.98. The third kappa shape index (κ3) is 9.21. The minimum absolute atomic E-state index is 0.0847. The van der Waals surface area contributed by atoms with Crippen LogP contribution in [0.5, 0.6) is 0 Å². The Bertz CT molecular complexity index is 190. The van der Waals surface area contributed by atoms with E-state index >= 15 is 0 Å². The van der Waals surface area contributed by atoms with Gasteiger partial charge in [-0.05, 0) is 12.8 Å². The maximum Gasteiger partial charge on any atom is 0.305 e. The molecule has 15 heavy (non-hydrogen) atoms. The van der Waals surface area contributed by atoms with E-state index in [1.165, 1.54) is 0 Å². The Morgan fingerprint density at radius 3 is 2.20 bits per heavy atom. The number of esters is 2. The first-order valence-corrected chi connectivity index (χ1v) is 5.12. The highest BCUT2D eigenvalue weighted by molar-refractivity contribution is 5.69. The molecule has 0 fully saturated rings. The van der Waals surface area contributed by atoms with Crippen LogP contribution >= 0.6 is 0 Å². The number of ether oxygens (including phenoxy) is 2. The number of aliphatic hydroxyl groups excluding tert-OH is 1. The van der Waals surface area contributed by atoms with Crippen LogP contribution in [0, 0.1) is 0 Å². The zero-order valence-corrected chi connectivity index (χ0v) is 9.03. The SMILES string of the molecule is CCC(=O)OCCOC(=O)CCCCO. The van der Waals surface area contributed by atoms with Crippen LogP contribution in [0.25, 0.3) is 0 Å². The van der Waals surface area contributed by atoms with Gasteiger partial charge in [0.25, 0.3) is 0 Å². The molecule has 88 valence electrons. The van der Waals surface area contributed by atoms with E-state index in [0.29, 0.717) is 25.7 Å². The van der Waals surface area contributed by atoms with E-state index in [-0.39, 0.29) is 31.8 Å². The lowest BCUT2D eigenvalue weighted by Crippen LogP contribution is -2.13. The van der Waals surface area contributed by atoms with Crippen molar-refractivity contribution in [2.75, 3.05) is 19.8 Å². The van der Waals surface area contributed by atoms with Crippen molar-refractivity contribution in [2.45, 2.75) is 32.6 Å². The van der Waals surface area contributed by atoms with Crippen molar-refractivity contribution in [1.82, 2.24) is 0 Å². The highest BCUT2D eigenvalue weighted by Crippen LogP contribution is 1.96. The molecule has 0 aromatic rings. The molecule has 0 heterocycles. The van der Waals surface area contributed by atoms with Crippen molar-refractivity contribution < 1.29 is 24.2 Å². The van der Waals surface area contributed by atoms with E-state index in [2.05, 4.69) is 0 Å². The highest BCUT2D eigenvalue weighted by Gasteiger charge is 2.03. The first kappa shape index (κ1) is 13.9. The monoisotopic (exact) mass is 218 g/mol. The maximum absolute atomic E-state index is 11.0. The lowest BCUT2D eigenvalue weighted by atomic mass is 10.2. The van der Waals surface area contributed by atoms with Gasteiger partial charge in [-0.25, -0.2) is 0 Å². The van der Waals surface area contributed by atoms with Gasteiger partial charge in [-0.15, -0.1) is 0 Å². The molecular formula is C10H18O5. The van der Waals surface area contributed by atoms with Gasteiger partial charge >= 0.3 is 11.9 Å². The topological polar surface area (TPSA) is 72.8 Å². The number of aliphatic hydroxyl groups is 1. The number of carbonyl (C=O) groups excluding carboxylic acids is 2. The number of hydrogen-bond acceptors (Lipinski definition) is 5. The molecule has 0 bridgehead atoms. The molecule has 0 saturated heterocycles. The Balaban J connectivity index is 3.27. The van der Waals surface area contributed by atoms with Crippen molar-refractivity contribution in [1.29, 1.82) is 0 Å². The molecule has 0 radical (unpaired) electrons. The molecule has 5 nitrogen and oxygen atoms in total. The molecule has 0 rings (SSSR count). The molecule has 0 atom stereocenters. The average molecular weight is 218 g/mol. The minimum atomic E-state index is -0.323. The van der Waals surface area contributed by atoms with Gasteiger partial charge in [0.05, 0.1) is 0 Å². The summed E-state index contributed by atoms with van der Waals surface area (Å²) in [5.74, 6) is -0.623. The van der Waals surface area contributed by atoms with Crippen LogP contribution in [-0.2, 0) is 19.1 Å². The molecule has 0 saturated carbocycles. The summed E-state index contributed by atoms with van der Waals surface area (Å²) in [6, 6.07) is 0. The molecule has 0 unspecified atom stereocenters. The van der Waals surface area contributed by atoms with Crippen molar-refractivity contribution in [3.63, 3.8) is 0 Å². The van der Waals surface area contributed by atoms with Gasteiger partial charge in [-0.2, -0.15) is 0 Å². The van der Waals surface area contributed by atoms with Gasteiger partial charge in [-0.3, -0.25) is 9.59 Å². The second kappa shape index (κ2) is 9.45. The summed E-state index contributed by atoms with van der Waals surface area (Å²) in [5.41, 5.74) is 0. The second-order valence-electron chi connectivity index (χ2n) is 2.98. The molecule has 0 aliphatic rings. The van der Waals surface area contributed by atoms with Crippen LogP contribution in [0.3, 0.4) is 0 Å². The number of unbranched alkanes of at least 4 members (excludes halogenated alkanes) is 1. The summed E-state index contributed by atoms with van der Waals surface area (Å²) in [4.78, 5) is 21.7. The standard InChI is InChI=1S/C10H18O5/c1-2-9(12)14-7-8-15-10(13)5-3-4-6-11/h11H,2-8H2,1H3. The van der Waals surface area contributed by atoms with Crippen molar-refractivity contribution in [3.05, 3.63) is 0 Å². The Morgan fingerprint density at radius 1 is 1.07 bits per heavy atom. The fraction of sp³-hybridized carbons (Fsp3) is 0.800. The Kier molecular flexibility index (Phi) is 8.76. The summed E-state index contributed by atoms with van der Waals surface area (Å²) in [6.45, 7) is 1.99. The molecule has 0 aromatic carbocycles. The van der Waals surface area contributed by atoms with Crippen molar-refractivity contribution >= 4 is 11.9 Å². The predicted octanol–water partition coefficient (Wildman–Crippen LogP) is 0.645. The fourth-order valence-electron chi connectivity index (χ4n) is 0.866. The predicted molar refractivity (Wildman–Crippen MR) is 53.1 cm³/mol. The van der Waals surface area contributed by atoms with Gasteiger partial charge in [0.15, 0.2) is 0 Å². The van der Waals surface area contributed by atoms with Gasteiger partial charge in [0.2, 0.25) is 0 Å². The molecule has 0 aliphatic carbocycles. The van der Waals surface area contributed by atoms with Crippen LogP contribution in [0.2, 0.25) is 0 Å². The van der Waals surface area contributed by atoms with Crippen LogP contribution in [0.1, 0.15) is 32.6 Å². The van der Waals surface area contributed by atoms with Crippen molar-refractivity contribution in [2.24, 2.45) is 0 Å². The van der Waals surface area contributed by atoms with Crippen LogP contribution in [0.4, 0.5) is 0 Å². The normalized spacial score (nSPS) is 9.73. The average Bonchev–Trinajstić information content (AvgIpc) is 2.24. The minimum Gasteiger partial charge on any atom is -0.462 e. The third-order valence-corrected chi connectivity index (χ3v) is 1.69. The maximum atomic E-state index is 11.0. The van der Waals surface area contributed by atoms with E-state index < -0.39 is 0 Å². The molecule has 0 aromatic heterocycles. The lowest BCUT2D eigenvalue weighted by molar-refractivity contribution is -0.152. The summed E-state index contributed by atoms with van der Waals surface area (Å²) in [6.07, 6.45) is 1.83. The summed E-state index contributed by atoms with van der Waals surface area (Å²) in [7, 11) is 0. The summed E-state index contributed by atoms with van der Waals surface area (Å²) in [5, 5.41) is 8.47. The molecule has 5 heteroatoms. The Labute approximate surface area is 89.4 Å². The van der Waals surface area contributed by atoms with Gasteiger partial charge in [-0.1, -0.05) is 6.92 Å². The zero-order chi connectivity index (χ0) is 11.5. The van der Waals surface area contributed by atoms with Gasteiger partial charge < -0.3 is 14.6 Å². The smallest absolute Gasteiger partial charge is 0.305 e. The highest BCUT2D eigenvalue weighted by atomic mass is 16.6. The van der Waals surface area contributed by atoms with E-state index in [9.17, 15) is 9.59 Å². The van der Waals surface area contributed by atoms with Crippen LogP contribution in [-0.4, -0.2) is 36.9 Å². The first-order chi connectivity index (χ1) is 7.20. The lowest BCUT2D eigenvalue weighted by Gasteiger charge is -2.05. The van der Waals surface area contributed by atoms with E-state index in [4.69, 9.17) is 14.6 Å². The van der Waals surface area contributed by atoms with E-state index in [1.54, 1.807) is 6.92 Å². The van der Waals surface area contributed by atoms with Crippen molar-refractivity contribution in [3.8, 4) is 0 Å². The first-order valence-electron chi connectivity index (χ1n) is 5.12. The van der Waals surface area contributed by atoms with Gasteiger partial charge in [0.1, 0.15) is 13.2 Å². The molecule has 1 N–H and O–H groups in total. The summed E-state index contributed by atoms with van der Waals surface area (Å²) < 4.78 is 9.50. The third-order valence-electron chi connectivity index (χ3n) is 1.69. The van der Waals surface area contributed by atoms with E-state index in [1.807, 2.05) is 0 Å². The molecule has 0 aliphatic heterocycles. The Morgan fingerprint density at radius 2 is 1.67 bits per heavy atom. The molecular weight excluding hydrogens is 200 g/mol. The van der Waals surface area contributed by atoms with Crippen LogP contribution in [0.15, 0.2) is 0 Å². The fourth-order valence-corrected chi connectivity index (χ4v) is 0.866. The van der Waals surface area contributed by atoms with Crippen LogP contribution < -0.4 is 0 Å². The largest absolute Gasteiger partial charge is 0.462 e. The number of hydrogen-bond donors (Lipinski definition) is 1. The quantitative estimate of drug-likeness (QED) is 0.478. The molecule has 0 spiro atoms. The number of rotatable bonds is 8. The Hall–Kier alpha value is -1.10. The van der Waals surface area contributed by atoms with E-state index in [0.717, 1.165) is 0 Å². The molecule has 0 amide bonds. The number of carbonyl (C=O) groups is 2. The van der Waals surface area contributed by atoms with Gasteiger partial charge in [0, 0.05) is 19.4 Å². The zero-order valence-electron chi connectivity index (χ0n) is 9.03.